The first-order chi connectivity index (χ1) is 12.0. The molecule has 1 saturated carbocycles. The fraction of sp³-hybridized carbons (Fsp3) is 0.667. The van der Waals surface area contributed by atoms with Gasteiger partial charge in [-0.05, 0) is 41.6 Å². The van der Waals surface area contributed by atoms with Crippen molar-refractivity contribution in [1.29, 1.82) is 0 Å². The second kappa shape index (κ2) is 9.56. The zero-order valence-corrected chi connectivity index (χ0v) is 16.8. The van der Waals surface area contributed by atoms with Crippen molar-refractivity contribution < 1.29 is 14.3 Å². The minimum absolute atomic E-state index is 0.0319. The first kappa shape index (κ1) is 20.2. The zero-order chi connectivity index (χ0) is 18.4. The Morgan fingerprint density at radius 3 is 2.88 bits per heavy atom. The van der Waals surface area contributed by atoms with Crippen LogP contribution in [0.2, 0.25) is 0 Å². The molecule has 0 radical (unpaired) electrons. The topological polar surface area (TPSA) is 117 Å². The van der Waals surface area contributed by atoms with Crippen molar-refractivity contribution in [1.82, 2.24) is 9.97 Å². The van der Waals surface area contributed by atoms with Crippen molar-refractivity contribution in [2.45, 2.75) is 49.9 Å². The Morgan fingerprint density at radius 2 is 2.20 bits per heavy atom. The Bertz CT molecular complexity index is 607. The van der Waals surface area contributed by atoms with E-state index in [1.165, 1.54) is 7.11 Å². The Kier molecular flexibility index (Phi) is 7.73. The van der Waals surface area contributed by atoms with Crippen LogP contribution >= 0.6 is 27.7 Å². The lowest BCUT2D eigenvalue weighted by molar-refractivity contribution is -0.147. The summed E-state index contributed by atoms with van der Waals surface area (Å²) >= 11 is 4.94. The van der Waals surface area contributed by atoms with Crippen molar-refractivity contribution >= 4 is 45.2 Å². The fourth-order valence-electron chi connectivity index (χ4n) is 2.61. The molecular formula is C15H24BrN5O3S. The summed E-state index contributed by atoms with van der Waals surface area (Å²) in [6.45, 7) is 2.06. The average molecular weight is 434 g/mol. The summed E-state index contributed by atoms with van der Waals surface area (Å²) in [4.78, 5) is 20.0. The molecule has 1 aromatic rings. The van der Waals surface area contributed by atoms with Gasteiger partial charge in [0.2, 0.25) is 0 Å². The summed E-state index contributed by atoms with van der Waals surface area (Å²) in [7, 11) is 1.34. The number of anilines is 2. The van der Waals surface area contributed by atoms with Crippen molar-refractivity contribution in [3.8, 4) is 0 Å². The van der Waals surface area contributed by atoms with Crippen LogP contribution in [0.3, 0.4) is 0 Å². The average Bonchev–Trinajstić information content (AvgIpc) is 3.08. The smallest absolute Gasteiger partial charge is 0.331 e. The second-order valence-corrected chi connectivity index (χ2v) is 7.58. The van der Waals surface area contributed by atoms with E-state index in [4.69, 9.17) is 16.3 Å². The molecule has 0 amide bonds. The lowest BCUT2D eigenvalue weighted by Gasteiger charge is -2.26. The van der Waals surface area contributed by atoms with Crippen LogP contribution in [0, 0.1) is 0 Å². The number of nitrogens with zero attached hydrogens (tertiary/aromatic N) is 3. The van der Waals surface area contributed by atoms with E-state index in [-0.39, 0.29) is 24.7 Å². The maximum Gasteiger partial charge on any atom is 0.331 e. The van der Waals surface area contributed by atoms with Crippen molar-refractivity contribution in [3.63, 3.8) is 0 Å². The van der Waals surface area contributed by atoms with Crippen LogP contribution in [0.1, 0.15) is 32.6 Å². The standard InChI is InChI=1S/C15H24BrN5O3S/c1-3-6-25-15-19-13(16)12(17)14(20-15)21(18)9-4-5-10(7-9)24-8-11(22)23-2/h9-10H,3-8,17-18H2,1-2H3. The minimum atomic E-state index is -0.380. The van der Waals surface area contributed by atoms with Crippen LogP contribution in [-0.4, -0.2) is 47.6 Å². The molecule has 1 aliphatic carbocycles. The molecule has 25 heavy (non-hydrogen) atoms. The number of carbonyl (C=O) groups is 1. The maximum absolute atomic E-state index is 11.2. The number of nitrogens with two attached hydrogens (primary N) is 2. The lowest BCUT2D eigenvalue weighted by Crippen LogP contribution is -2.41. The molecule has 1 aliphatic rings. The number of hydrogen-bond donors (Lipinski definition) is 2. The number of ether oxygens (including phenoxy) is 2. The molecule has 0 bridgehead atoms. The molecule has 0 saturated heterocycles. The Morgan fingerprint density at radius 1 is 1.44 bits per heavy atom. The molecule has 1 heterocycles. The number of methoxy groups -OCH3 is 1. The summed E-state index contributed by atoms with van der Waals surface area (Å²) < 4.78 is 10.7. The van der Waals surface area contributed by atoms with Gasteiger partial charge in [-0.2, -0.15) is 0 Å². The van der Waals surface area contributed by atoms with Gasteiger partial charge in [0.05, 0.1) is 13.2 Å². The Hall–Kier alpha value is -1.10. The predicted octanol–water partition coefficient (Wildman–Crippen LogP) is 2.11. The van der Waals surface area contributed by atoms with E-state index in [0.29, 0.717) is 27.7 Å². The van der Waals surface area contributed by atoms with Crippen LogP contribution in [-0.2, 0) is 14.3 Å². The first-order valence-electron chi connectivity index (χ1n) is 8.14. The van der Waals surface area contributed by atoms with E-state index in [2.05, 4.69) is 37.6 Å². The highest BCUT2D eigenvalue weighted by molar-refractivity contribution is 9.10. The number of carbonyl (C=O) groups excluding carboxylic acids is 1. The lowest BCUT2D eigenvalue weighted by atomic mass is 10.2. The molecule has 0 aromatic carbocycles. The molecule has 0 spiro atoms. The van der Waals surface area contributed by atoms with E-state index in [0.717, 1.165) is 25.0 Å². The van der Waals surface area contributed by atoms with Crippen molar-refractivity contribution in [2.24, 2.45) is 5.84 Å². The molecule has 1 aromatic heterocycles. The maximum atomic E-state index is 11.2. The van der Waals surface area contributed by atoms with E-state index in [9.17, 15) is 4.79 Å². The number of hydrazine groups is 1. The quantitative estimate of drug-likeness (QED) is 0.158. The number of aromatic nitrogens is 2. The number of rotatable bonds is 8. The second-order valence-electron chi connectivity index (χ2n) is 5.77. The zero-order valence-electron chi connectivity index (χ0n) is 14.4. The van der Waals surface area contributed by atoms with Crippen LogP contribution in [0.4, 0.5) is 11.5 Å². The summed E-state index contributed by atoms with van der Waals surface area (Å²) in [5.41, 5.74) is 6.52. The molecule has 1 fully saturated rings. The summed E-state index contributed by atoms with van der Waals surface area (Å²) in [5.74, 6) is 7.35. The molecule has 2 rings (SSSR count). The molecule has 2 unspecified atom stereocenters. The van der Waals surface area contributed by atoms with Gasteiger partial charge in [0.15, 0.2) is 11.0 Å². The van der Waals surface area contributed by atoms with Gasteiger partial charge in [0.25, 0.3) is 0 Å². The number of esters is 1. The van der Waals surface area contributed by atoms with Gasteiger partial charge in [-0.25, -0.2) is 20.6 Å². The number of hydrogen-bond acceptors (Lipinski definition) is 9. The Balaban J connectivity index is 2.03. The third-order valence-corrected chi connectivity index (χ3v) is 5.61. The third kappa shape index (κ3) is 5.44. The van der Waals surface area contributed by atoms with Crippen molar-refractivity contribution in [2.75, 3.05) is 30.2 Å². The normalized spacial score (nSPS) is 19.8. The van der Waals surface area contributed by atoms with E-state index in [1.54, 1.807) is 16.8 Å². The molecule has 10 heteroatoms. The van der Waals surface area contributed by atoms with Gasteiger partial charge in [-0.15, -0.1) is 0 Å². The molecule has 2 atom stereocenters. The van der Waals surface area contributed by atoms with Crippen LogP contribution < -0.4 is 16.6 Å². The highest BCUT2D eigenvalue weighted by atomic mass is 79.9. The molecule has 0 aliphatic heterocycles. The third-order valence-electron chi connectivity index (χ3n) is 3.95. The number of nitrogen functional groups attached to an aromatic ring is 1. The van der Waals surface area contributed by atoms with Crippen LogP contribution in [0.5, 0.6) is 0 Å². The fourth-order valence-corrected chi connectivity index (χ4v) is 3.76. The van der Waals surface area contributed by atoms with Crippen LogP contribution in [0.15, 0.2) is 9.76 Å². The van der Waals surface area contributed by atoms with Gasteiger partial charge in [0.1, 0.15) is 16.9 Å². The summed E-state index contributed by atoms with van der Waals surface area (Å²) in [6, 6.07) is 0.0378. The van der Waals surface area contributed by atoms with Crippen molar-refractivity contribution in [3.05, 3.63) is 4.60 Å². The van der Waals surface area contributed by atoms with Gasteiger partial charge in [0, 0.05) is 11.8 Å². The SMILES string of the molecule is CCCSc1nc(Br)c(N)c(N(N)C2CCC(OCC(=O)OC)C2)n1. The minimum Gasteiger partial charge on any atom is -0.467 e. The first-order valence-corrected chi connectivity index (χ1v) is 9.92. The van der Waals surface area contributed by atoms with Gasteiger partial charge >= 0.3 is 5.97 Å². The summed E-state index contributed by atoms with van der Waals surface area (Å²) in [5, 5.41) is 2.24. The predicted molar refractivity (Wildman–Crippen MR) is 101 cm³/mol. The van der Waals surface area contributed by atoms with E-state index >= 15 is 0 Å². The molecular weight excluding hydrogens is 410 g/mol. The van der Waals surface area contributed by atoms with E-state index < -0.39 is 0 Å². The highest BCUT2D eigenvalue weighted by Crippen LogP contribution is 2.34. The van der Waals surface area contributed by atoms with Gasteiger partial charge < -0.3 is 15.2 Å². The molecule has 4 N–H and O–H groups in total. The largest absolute Gasteiger partial charge is 0.467 e. The number of thioether (sulfide) groups is 1. The van der Waals surface area contributed by atoms with Gasteiger partial charge in [-0.1, -0.05) is 18.7 Å². The highest BCUT2D eigenvalue weighted by Gasteiger charge is 2.31. The van der Waals surface area contributed by atoms with Crippen LogP contribution in [0.25, 0.3) is 0 Å². The van der Waals surface area contributed by atoms with Gasteiger partial charge in [-0.3, -0.25) is 5.01 Å². The molecule has 8 nitrogen and oxygen atoms in total. The summed E-state index contributed by atoms with van der Waals surface area (Å²) in [6.07, 6.45) is 3.35. The van der Waals surface area contributed by atoms with E-state index in [1.807, 2.05) is 0 Å². The Labute approximate surface area is 160 Å². The monoisotopic (exact) mass is 433 g/mol. The molecule has 140 valence electrons. The number of halogens is 1.